The van der Waals surface area contributed by atoms with Crippen molar-refractivity contribution >= 4 is 50.3 Å². The molecule has 6 nitrogen and oxygen atoms in total. The van der Waals surface area contributed by atoms with Gasteiger partial charge in [-0.05, 0) is 32.0 Å². The number of carbonyl (C=O) groups excluding carboxylic acids is 1. The van der Waals surface area contributed by atoms with Crippen LogP contribution in [0.1, 0.15) is 13.8 Å². The molecule has 0 fully saturated rings. The number of thiazole rings is 1. The van der Waals surface area contributed by atoms with Crippen LogP contribution in [0.5, 0.6) is 0 Å². The van der Waals surface area contributed by atoms with Crippen molar-refractivity contribution in [1.29, 1.82) is 0 Å². The molecule has 2 amide bonds. The predicted octanol–water partition coefficient (Wildman–Crippen LogP) is 3.18. The molecule has 0 aliphatic rings. The molecule has 0 bridgehead atoms. The molecule has 2 rings (SSSR count). The summed E-state index contributed by atoms with van der Waals surface area (Å²) in [7, 11) is 0. The van der Waals surface area contributed by atoms with Crippen LogP contribution in [0.3, 0.4) is 0 Å². The molecule has 0 aliphatic heterocycles. The largest absolute Gasteiger partial charge is 0.481 e. The van der Waals surface area contributed by atoms with E-state index >= 15 is 0 Å². The quantitative estimate of drug-likeness (QED) is 0.804. The highest BCUT2D eigenvalue weighted by atomic mass is 35.5. The average Bonchev–Trinajstić information content (AvgIpc) is 2.77. The van der Waals surface area contributed by atoms with Gasteiger partial charge in [-0.2, -0.15) is 0 Å². The lowest BCUT2D eigenvalue weighted by atomic mass is 9.94. The number of rotatable bonds is 4. The summed E-state index contributed by atoms with van der Waals surface area (Å²) in [6.45, 7) is 3.09. The third kappa shape index (κ3) is 3.83. The van der Waals surface area contributed by atoms with Crippen LogP contribution < -0.4 is 10.6 Å². The van der Waals surface area contributed by atoms with Gasteiger partial charge in [0.15, 0.2) is 5.13 Å². The molecule has 0 saturated heterocycles. The molecule has 0 aliphatic carbocycles. The van der Waals surface area contributed by atoms with E-state index in [0.29, 0.717) is 10.2 Å². The monoisotopic (exact) mass is 327 g/mol. The Hall–Kier alpha value is -1.86. The van der Waals surface area contributed by atoms with Crippen molar-refractivity contribution in [2.24, 2.45) is 5.41 Å². The van der Waals surface area contributed by atoms with Gasteiger partial charge in [-0.15, -0.1) is 0 Å². The molecule has 0 spiro atoms. The molecular weight excluding hydrogens is 314 g/mol. The standard InChI is InChI=1S/C13H14ClN3O3S/c1-13(2,10(18)19)6-15-11(20)17-12-16-8-4-3-7(14)5-9(8)21-12/h3-5H,6H2,1-2H3,(H,18,19)(H2,15,16,17,20). The van der Waals surface area contributed by atoms with Crippen molar-refractivity contribution in [3.05, 3.63) is 23.2 Å². The van der Waals surface area contributed by atoms with Crippen LogP contribution in [0.4, 0.5) is 9.93 Å². The number of nitrogens with one attached hydrogen (secondary N) is 2. The first-order valence-electron chi connectivity index (χ1n) is 6.12. The molecule has 8 heteroatoms. The molecular formula is C13H14ClN3O3S. The summed E-state index contributed by atoms with van der Waals surface area (Å²) in [5.74, 6) is -0.975. The summed E-state index contributed by atoms with van der Waals surface area (Å²) in [5, 5.41) is 15.1. The summed E-state index contributed by atoms with van der Waals surface area (Å²) in [6, 6.07) is 4.77. The smallest absolute Gasteiger partial charge is 0.321 e. The molecule has 0 radical (unpaired) electrons. The SMILES string of the molecule is CC(C)(CNC(=O)Nc1nc2ccc(Cl)cc2s1)C(=O)O. The number of nitrogens with zero attached hydrogens (tertiary/aromatic N) is 1. The number of carboxylic acids is 1. The van der Waals surface area contributed by atoms with Crippen molar-refractivity contribution in [2.75, 3.05) is 11.9 Å². The molecule has 2 aromatic rings. The fourth-order valence-electron chi connectivity index (χ4n) is 1.47. The van der Waals surface area contributed by atoms with Crippen molar-refractivity contribution in [3.63, 3.8) is 0 Å². The number of carboxylic acid groups (broad SMARTS) is 1. The van der Waals surface area contributed by atoms with Crippen molar-refractivity contribution in [2.45, 2.75) is 13.8 Å². The van der Waals surface area contributed by atoms with Crippen molar-refractivity contribution in [3.8, 4) is 0 Å². The van der Waals surface area contributed by atoms with Gasteiger partial charge >= 0.3 is 12.0 Å². The van der Waals surface area contributed by atoms with E-state index in [-0.39, 0.29) is 6.54 Å². The van der Waals surface area contributed by atoms with E-state index in [2.05, 4.69) is 15.6 Å². The fourth-order valence-corrected chi connectivity index (χ4v) is 2.61. The maximum absolute atomic E-state index is 11.8. The van der Waals surface area contributed by atoms with E-state index in [1.165, 1.54) is 25.2 Å². The van der Waals surface area contributed by atoms with Crippen LogP contribution in [0.2, 0.25) is 5.02 Å². The highest BCUT2D eigenvalue weighted by Gasteiger charge is 2.27. The van der Waals surface area contributed by atoms with E-state index in [0.717, 1.165) is 10.2 Å². The van der Waals surface area contributed by atoms with Crippen LogP contribution in [-0.4, -0.2) is 28.6 Å². The molecule has 1 aromatic heterocycles. The van der Waals surface area contributed by atoms with Crippen LogP contribution in [-0.2, 0) is 4.79 Å². The van der Waals surface area contributed by atoms with Crippen LogP contribution in [0.15, 0.2) is 18.2 Å². The minimum absolute atomic E-state index is 0.0187. The van der Waals surface area contributed by atoms with Gasteiger partial charge in [0.2, 0.25) is 0 Å². The zero-order chi connectivity index (χ0) is 15.6. The maximum Gasteiger partial charge on any atom is 0.321 e. The number of aliphatic carboxylic acids is 1. The van der Waals surface area contributed by atoms with Gasteiger partial charge in [0.25, 0.3) is 0 Å². The van der Waals surface area contributed by atoms with Crippen molar-refractivity contribution < 1.29 is 14.7 Å². The minimum atomic E-state index is -1.03. The average molecular weight is 328 g/mol. The van der Waals surface area contributed by atoms with Gasteiger partial charge in [-0.25, -0.2) is 9.78 Å². The van der Waals surface area contributed by atoms with Gasteiger partial charge in [-0.1, -0.05) is 22.9 Å². The Bertz CT molecular complexity index is 699. The summed E-state index contributed by atoms with van der Waals surface area (Å²) in [6.07, 6.45) is 0. The van der Waals surface area contributed by atoms with Gasteiger partial charge in [0, 0.05) is 11.6 Å². The third-order valence-electron chi connectivity index (χ3n) is 2.84. The third-order valence-corrected chi connectivity index (χ3v) is 4.01. The lowest BCUT2D eigenvalue weighted by molar-refractivity contribution is -0.146. The van der Waals surface area contributed by atoms with Crippen molar-refractivity contribution in [1.82, 2.24) is 10.3 Å². The van der Waals surface area contributed by atoms with E-state index in [1.54, 1.807) is 18.2 Å². The number of carbonyl (C=O) groups is 2. The molecule has 1 heterocycles. The molecule has 0 atom stereocenters. The first-order valence-corrected chi connectivity index (χ1v) is 7.32. The molecule has 0 unspecified atom stereocenters. The Balaban J connectivity index is 2.00. The number of urea groups is 1. The van der Waals surface area contributed by atoms with Gasteiger partial charge in [0.1, 0.15) is 0 Å². The summed E-state index contributed by atoms with van der Waals surface area (Å²) >= 11 is 7.18. The highest BCUT2D eigenvalue weighted by molar-refractivity contribution is 7.22. The Morgan fingerprint density at radius 3 is 2.81 bits per heavy atom. The second-order valence-corrected chi connectivity index (χ2v) is 6.59. The fraction of sp³-hybridized carbons (Fsp3) is 0.308. The zero-order valence-electron chi connectivity index (χ0n) is 11.4. The molecule has 21 heavy (non-hydrogen) atoms. The molecule has 3 N–H and O–H groups in total. The van der Waals surface area contributed by atoms with Crippen LogP contribution in [0, 0.1) is 5.41 Å². The number of hydrogen-bond acceptors (Lipinski definition) is 4. The Morgan fingerprint density at radius 2 is 2.14 bits per heavy atom. The number of amides is 2. The summed E-state index contributed by atoms with van der Waals surface area (Å²) < 4.78 is 0.865. The zero-order valence-corrected chi connectivity index (χ0v) is 13.0. The Morgan fingerprint density at radius 1 is 1.43 bits per heavy atom. The summed E-state index contributed by atoms with van der Waals surface area (Å²) in [5.41, 5.74) is -0.288. The summed E-state index contributed by atoms with van der Waals surface area (Å²) in [4.78, 5) is 26.9. The molecule has 112 valence electrons. The van der Waals surface area contributed by atoms with Gasteiger partial charge < -0.3 is 10.4 Å². The first kappa shape index (κ1) is 15.5. The van der Waals surface area contributed by atoms with Gasteiger partial charge in [-0.3, -0.25) is 10.1 Å². The lowest BCUT2D eigenvalue weighted by Crippen LogP contribution is -2.40. The van der Waals surface area contributed by atoms with E-state index in [4.69, 9.17) is 16.7 Å². The number of fused-ring (bicyclic) bond motifs is 1. The minimum Gasteiger partial charge on any atom is -0.481 e. The normalized spacial score (nSPS) is 11.4. The van der Waals surface area contributed by atoms with Gasteiger partial charge in [0.05, 0.1) is 15.6 Å². The topological polar surface area (TPSA) is 91.3 Å². The molecule has 0 saturated carbocycles. The Kier molecular flexibility index (Phi) is 4.34. The van der Waals surface area contributed by atoms with E-state index in [9.17, 15) is 9.59 Å². The Labute approximate surface area is 130 Å². The molecule has 1 aromatic carbocycles. The van der Waals surface area contributed by atoms with Crippen LogP contribution >= 0.6 is 22.9 Å². The number of hydrogen-bond donors (Lipinski definition) is 3. The van der Waals surface area contributed by atoms with Crippen LogP contribution in [0.25, 0.3) is 10.2 Å². The highest BCUT2D eigenvalue weighted by Crippen LogP contribution is 2.28. The maximum atomic E-state index is 11.8. The number of aromatic nitrogens is 1. The number of anilines is 1. The second-order valence-electron chi connectivity index (χ2n) is 5.13. The second kappa shape index (κ2) is 5.87. The predicted molar refractivity (Wildman–Crippen MR) is 83.1 cm³/mol. The number of benzene rings is 1. The first-order chi connectivity index (χ1) is 9.78. The van der Waals surface area contributed by atoms with E-state index < -0.39 is 17.4 Å². The number of halogens is 1. The van der Waals surface area contributed by atoms with E-state index in [1.807, 2.05) is 0 Å². The lowest BCUT2D eigenvalue weighted by Gasteiger charge is -2.19.